The van der Waals surface area contributed by atoms with Gasteiger partial charge in [-0.2, -0.15) is 0 Å². The number of hydrogen-bond acceptors (Lipinski definition) is 5. The lowest BCUT2D eigenvalue weighted by atomic mass is 9.62. The molecule has 0 aliphatic carbocycles. The molecule has 1 fully saturated rings. The van der Waals surface area contributed by atoms with Crippen LogP contribution >= 0.6 is 23.4 Å². The summed E-state index contributed by atoms with van der Waals surface area (Å²) in [5.74, 6) is -3.22. The highest BCUT2D eigenvalue weighted by Gasteiger charge is 2.68. The molecule has 2 aliphatic heterocycles. The second-order valence-electron chi connectivity index (χ2n) is 11.8. The Balaban J connectivity index is 1.71. The minimum atomic E-state index is -1.45. The van der Waals surface area contributed by atoms with E-state index >= 15 is 4.39 Å². The molecule has 4 unspecified atom stereocenters. The topological polar surface area (TPSA) is 114 Å². The third-order valence-corrected chi connectivity index (χ3v) is 8.63. The molecule has 11 heteroatoms. The van der Waals surface area contributed by atoms with Gasteiger partial charge in [0.1, 0.15) is 17.0 Å². The van der Waals surface area contributed by atoms with Crippen molar-refractivity contribution in [2.75, 3.05) is 16.8 Å². The Morgan fingerprint density at radius 2 is 1.86 bits per heavy atom. The highest BCUT2D eigenvalue weighted by atomic mass is 35.5. The fourth-order valence-electron chi connectivity index (χ4n) is 6.35. The smallest absolute Gasteiger partial charge is 0.254 e. The molecule has 8 nitrogen and oxygen atoms in total. The lowest BCUT2D eigenvalue weighted by Gasteiger charge is -2.38. The molecule has 42 heavy (non-hydrogen) atoms. The van der Waals surface area contributed by atoms with Gasteiger partial charge in [0.05, 0.1) is 29.5 Å². The summed E-state index contributed by atoms with van der Waals surface area (Å²) in [5.41, 5.74) is 5.31. The van der Waals surface area contributed by atoms with Gasteiger partial charge in [-0.25, -0.2) is 8.81 Å². The van der Waals surface area contributed by atoms with E-state index in [-0.39, 0.29) is 33.0 Å². The van der Waals surface area contributed by atoms with E-state index in [1.807, 2.05) is 20.8 Å². The zero-order chi connectivity index (χ0) is 30.6. The van der Waals surface area contributed by atoms with Crippen molar-refractivity contribution < 1.29 is 23.5 Å². The molecule has 0 bridgehead atoms. The van der Waals surface area contributed by atoms with Crippen molar-refractivity contribution in [2.24, 2.45) is 11.1 Å². The number of rotatable bonds is 6. The summed E-state index contributed by atoms with van der Waals surface area (Å²) in [5, 5.41) is 6.13. The zero-order valence-electron chi connectivity index (χ0n) is 23.5. The predicted octanol–water partition coefficient (Wildman–Crippen LogP) is 5.52. The molecule has 4 N–H and O–H groups in total. The van der Waals surface area contributed by atoms with Gasteiger partial charge in [-0.15, -0.1) is 0 Å². The zero-order valence-corrected chi connectivity index (χ0v) is 25.0. The first-order chi connectivity index (χ1) is 19.8. The Kier molecular flexibility index (Phi) is 7.72. The van der Waals surface area contributed by atoms with Crippen LogP contribution < -0.4 is 25.5 Å². The number of nitrogens with two attached hydrogens (primary N) is 1. The molecule has 0 radical (unpaired) electrons. The molecule has 220 valence electrons. The van der Waals surface area contributed by atoms with E-state index in [9.17, 15) is 14.4 Å². The van der Waals surface area contributed by atoms with Crippen LogP contribution in [0.3, 0.4) is 0 Å². The first kappa shape index (κ1) is 29.8. The Morgan fingerprint density at radius 3 is 2.52 bits per heavy atom. The van der Waals surface area contributed by atoms with Crippen LogP contribution in [0.1, 0.15) is 54.6 Å². The number of carbonyl (C=O) groups excluding carboxylic acids is 3. The van der Waals surface area contributed by atoms with E-state index in [1.165, 1.54) is 31.4 Å². The van der Waals surface area contributed by atoms with E-state index in [4.69, 9.17) is 33.8 Å². The van der Waals surface area contributed by atoms with Crippen molar-refractivity contribution in [3.63, 3.8) is 0 Å². The molecule has 0 aromatic heterocycles. The van der Waals surface area contributed by atoms with Crippen molar-refractivity contribution in [1.29, 1.82) is 0 Å². The van der Waals surface area contributed by atoms with Gasteiger partial charge >= 0.3 is 0 Å². The second kappa shape index (κ2) is 10.9. The maximum absolute atomic E-state index is 15.9. The maximum atomic E-state index is 15.9. The number of halogens is 3. The quantitative estimate of drug-likeness (QED) is 0.317. The number of hydrogen-bond donors (Lipinski definition) is 3. The summed E-state index contributed by atoms with van der Waals surface area (Å²) in [6.45, 7) is 6.08. The van der Waals surface area contributed by atoms with Gasteiger partial charge in [0.2, 0.25) is 11.8 Å². The molecule has 1 spiro atoms. The monoisotopic (exact) mass is 612 g/mol. The standard InChI is InChI=1S/C31H31Cl2FN4O4/c1-30(2,3)15-23-31(18-9-5-6-11-21(18)38(33)29(31)41)24(17-8-7-10-19(32)25(17)34)26(37-23)28(40)36-20-13-12-16(27(35)39)14-22(20)42-4/h5-14,23-24,26,37H,15H2,1-4H3,(H2,35,39)(H,36,40). The predicted molar refractivity (Wildman–Crippen MR) is 161 cm³/mol. The average molecular weight is 614 g/mol. The summed E-state index contributed by atoms with van der Waals surface area (Å²) >= 11 is 12.9. The molecular formula is C31H31Cl2FN4O4. The van der Waals surface area contributed by atoms with Crippen LogP contribution in [0.5, 0.6) is 5.75 Å². The number of primary amides is 1. The molecule has 3 amide bonds. The van der Waals surface area contributed by atoms with Crippen molar-refractivity contribution in [3.05, 3.63) is 88.2 Å². The SMILES string of the molecule is COc1cc(C(N)=O)ccc1NC(=O)C1NC(CC(C)(C)C)C2(C(=O)N(Cl)c3ccccc32)C1c1cccc(Cl)c1F. The highest BCUT2D eigenvalue weighted by molar-refractivity contribution is 6.40. The van der Waals surface area contributed by atoms with Crippen LogP contribution in [0.2, 0.25) is 5.02 Å². The van der Waals surface area contributed by atoms with Gasteiger partial charge in [0, 0.05) is 29.3 Å². The largest absolute Gasteiger partial charge is 0.495 e. The molecule has 3 aromatic rings. The Hall–Kier alpha value is -3.66. The summed E-state index contributed by atoms with van der Waals surface area (Å²) < 4.78 is 22.4. The number of methoxy groups -OCH3 is 1. The number of ether oxygens (including phenoxy) is 1. The Labute approximate surface area is 253 Å². The fraction of sp³-hybridized carbons (Fsp3) is 0.323. The third-order valence-electron chi connectivity index (χ3n) is 8.01. The lowest BCUT2D eigenvalue weighted by Crippen LogP contribution is -2.50. The number of nitrogens with one attached hydrogen (secondary N) is 2. The van der Waals surface area contributed by atoms with Crippen molar-refractivity contribution in [2.45, 2.75) is 50.6 Å². The summed E-state index contributed by atoms with van der Waals surface area (Å²) in [4.78, 5) is 40.3. The van der Waals surface area contributed by atoms with E-state index in [0.717, 1.165) is 4.42 Å². The minimum absolute atomic E-state index is 0.109. The van der Waals surface area contributed by atoms with Crippen LogP contribution in [0.4, 0.5) is 15.8 Å². The van der Waals surface area contributed by atoms with E-state index in [0.29, 0.717) is 17.7 Å². The minimum Gasteiger partial charge on any atom is -0.495 e. The summed E-state index contributed by atoms with van der Waals surface area (Å²) in [6, 6.07) is 14.3. The Morgan fingerprint density at radius 1 is 1.14 bits per heavy atom. The molecular weight excluding hydrogens is 582 g/mol. The van der Waals surface area contributed by atoms with Crippen LogP contribution in [0, 0.1) is 11.2 Å². The normalized spacial score (nSPS) is 23.3. The van der Waals surface area contributed by atoms with E-state index in [1.54, 1.807) is 36.4 Å². The first-order valence-corrected chi connectivity index (χ1v) is 14.1. The van der Waals surface area contributed by atoms with Gasteiger partial charge in [-0.05, 0) is 53.3 Å². The number of anilines is 2. The number of nitrogens with zero attached hydrogens (tertiary/aromatic N) is 1. The van der Waals surface area contributed by atoms with Crippen LogP contribution in [-0.4, -0.2) is 36.9 Å². The number of carbonyl (C=O) groups is 3. The molecule has 2 aliphatic rings. The number of amides is 3. The molecule has 3 aromatic carbocycles. The van der Waals surface area contributed by atoms with Gasteiger partial charge in [0.25, 0.3) is 5.91 Å². The Bertz CT molecular complexity index is 1590. The molecule has 5 rings (SSSR count). The molecule has 4 atom stereocenters. The van der Waals surface area contributed by atoms with Gasteiger partial charge in [-0.1, -0.05) is 62.7 Å². The van der Waals surface area contributed by atoms with E-state index < -0.39 is 47.0 Å². The van der Waals surface area contributed by atoms with Gasteiger partial charge in [-0.3, -0.25) is 14.4 Å². The van der Waals surface area contributed by atoms with Crippen molar-refractivity contribution >= 4 is 52.5 Å². The maximum Gasteiger partial charge on any atom is 0.254 e. The van der Waals surface area contributed by atoms with Crippen LogP contribution in [0.15, 0.2) is 60.7 Å². The van der Waals surface area contributed by atoms with Crippen molar-refractivity contribution in [3.8, 4) is 5.75 Å². The summed E-state index contributed by atoms with van der Waals surface area (Å²) in [7, 11) is 1.39. The first-order valence-electron chi connectivity index (χ1n) is 13.4. The lowest BCUT2D eigenvalue weighted by molar-refractivity contribution is -0.123. The average Bonchev–Trinajstić information content (AvgIpc) is 3.38. The van der Waals surface area contributed by atoms with Gasteiger partial charge in [0.15, 0.2) is 0 Å². The molecule has 2 heterocycles. The number of para-hydroxylation sites is 1. The number of benzene rings is 3. The molecule has 1 saturated heterocycles. The highest BCUT2D eigenvalue weighted by Crippen LogP contribution is 2.59. The second-order valence-corrected chi connectivity index (χ2v) is 12.6. The van der Waals surface area contributed by atoms with Crippen LogP contribution in [-0.2, 0) is 15.0 Å². The van der Waals surface area contributed by atoms with Gasteiger partial charge < -0.3 is 21.1 Å². The van der Waals surface area contributed by atoms with Crippen LogP contribution in [0.25, 0.3) is 0 Å². The molecule has 0 saturated carbocycles. The van der Waals surface area contributed by atoms with E-state index in [2.05, 4.69) is 10.6 Å². The fourth-order valence-corrected chi connectivity index (χ4v) is 6.82. The van der Waals surface area contributed by atoms with Crippen molar-refractivity contribution in [1.82, 2.24) is 5.32 Å². The summed E-state index contributed by atoms with van der Waals surface area (Å²) in [6.07, 6.45) is 0.455. The number of fused-ring (bicyclic) bond motifs is 2. The third kappa shape index (κ3) is 4.79.